The smallest absolute Gasteiger partial charge is 0.219 e. The minimum atomic E-state index is -0.0288. The van der Waals surface area contributed by atoms with Crippen molar-refractivity contribution in [3.63, 3.8) is 0 Å². The molecule has 4 aromatic rings. The summed E-state index contributed by atoms with van der Waals surface area (Å²) in [6.07, 6.45) is 4.23. The average molecular weight is 770 g/mol. The second kappa shape index (κ2) is 14.5. The second-order valence-electron chi connectivity index (χ2n) is 15.4. The van der Waals surface area contributed by atoms with Crippen LogP contribution in [0.2, 0.25) is 10.0 Å². The summed E-state index contributed by atoms with van der Waals surface area (Å²) in [6.45, 7) is 9.87. The van der Waals surface area contributed by atoms with E-state index in [1.54, 1.807) is 28.1 Å². The molecular formula is C42H46Cl2N6O4. The first kappa shape index (κ1) is 36.7. The lowest BCUT2D eigenvalue weighted by molar-refractivity contribution is -0.141. The van der Waals surface area contributed by atoms with Gasteiger partial charge in [0.05, 0.1) is 46.7 Å². The van der Waals surface area contributed by atoms with Crippen molar-refractivity contribution in [2.45, 2.75) is 63.7 Å². The maximum absolute atomic E-state index is 12.2. The van der Waals surface area contributed by atoms with E-state index in [0.29, 0.717) is 46.3 Å². The van der Waals surface area contributed by atoms with Gasteiger partial charge in [0.25, 0.3) is 0 Å². The Hall–Kier alpha value is -4.22. The van der Waals surface area contributed by atoms with Gasteiger partial charge in [-0.1, -0.05) is 71.7 Å². The Kier molecular flexibility index (Phi) is 9.83. The summed E-state index contributed by atoms with van der Waals surface area (Å²) in [4.78, 5) is 43.0. The van der Waals surface area contributed by atoms with Crippen LogP contribution in [0.1, 0.15) is 50.7 Å². The molecule has 4 fully saturated rings. The number of ether oxygens (including phenoxy) is 2. The number of carbonyl (C=O) groups is 2. The molecule has 2 spiro atoms. The van der Waals surface area contributed by atoms with Crippen LogP contribution in [0.25, 0.3) is 33.6 Å². The minimum Gasteiger partial charge on any atom is -0.481 e. The van der Waals surface area contributed by atoms with Crippen LogP contribution in [0.5, 0.6) is 11.8 Å². The van der Waals surface area contributed by atoms with E-state index >= 15 is 0 Å². The number of pyridine rings is 2. The Balaban J connectivity index is 0.999. The van der Waals surface area contributed by atoms with Gasteiger partial charge in [0.15, 0.2) is 0 Å². The summed E-state index contributed by atoms with van der Waals surface area (Å²) in [5, 5.41) is 1.07. The van der Waals surface area contributed by atoms with Crippen molar-refractivity contribution in [3.05, 3.63) is 81.8 Å². The lowest BCUT2D eigenvalue weighted by Gasteiger charge is -2.52. The molecule has 12 heteroatoms. The number of benzene rings is 2. The zero-order valence-electron chi connectivity index (χ0n) is 31.3. The van der Waals surface area contributed by atoms with Gasteiger partial charge in [-0.05, 0) is 37.8 Å². The first-order valence-corrected chi connectivity index (χ1v) is 19.5. The van der Waals surface area contributed by atoms with Crippen LogP contribution in [-0.4, -0.2) is 106 Å². The van der Waals surface area contributed by atoms with Gasteiger partial charge in [0.1, 0.15) is 0 Å². The van der Waals surface area contributed by atoms with Crippen LogP contribution >= 0.6 is 23.2 Å². The number of hydrogen-bond donors (Lipinski definition) is 0. The van der Waals surface area contributed by atoms with Gasteiger partial charge in [0.2, 0.25) is 23.6 Å². The van der Waals surface area contributed by atoms with Gasteiger partial charge in [-0.2, -0.15) is 0 Å². The molecule has 0 unspecified atom stereocenters. The molecule has 6 heterocycles. The largest absolute Gasteiger partial charge is 0.481 e. The third-order valence-corrected chi connectivity index (χ3v) is 12.7. The molecule has 8 rings (SSSR count). The van der Waals surface area contributed by atoms with E-state index in [9.17, 15) is 9.59 Å². The van der Waals surface area contributed by atoms with Crippen molar-refractivity contribution in [1.29, 1.82) is 0 Å². The quantitative estimate of drug-likeness (QED) is 0.177. The van der Waals surface area contributed by atoms with Gasteiger partial charge < -0.3 is 19.3 Å². The SMILES string of the molecule is COc1nc(-c2cccc(-c3cccc(-c4ccc(CN5CC6(CCCN6C(C)=O)C5)c(OC)n4)c3Cl)c2Cl)ccc1CN1CC2(CCCN2C(C)=O)C1. The van der Waals surface area contributed by atoms with E-state index in [-0.39, 0.29) is 22.9 Å². The van der Waals surface area contributed by atoms with Crippen LogP contribution in [-0.2, 0) is 22.7 Å². The Bertz CT molecular complexity index is 1970. The highest BCUT2D eigenvalue weighted by Gasteiger charge is 2.52. The number of carbonyl (C=O) groups excluding carboxylic acids is 2. The highest BCUT2D eigenvalue weighted by molar-refractivity contribution is 6.39. The predicted octanol–water partition coefficient (Wildman–Crippen LogP) is 7.20. The zero-order valence-corrected chi connectivity index (χ0v) is 32.8. The van der Waals surface area contributed by atoms with E-state index in [2.05, 4.69) is 21.9 Å². The lowest BCUT2D eigenvalue weighted by atomic mass is 9.86. The monoisotopic (exact) mass is 768 g/mol. The van der Waals surface area contributed by atoms with Crippen LogP contribution in [0.4, 0.5) is 0 Å². The van der Waals surface area contributed by atoms with Crippen LogP contribution < -0.4 is 9.47 Å². The lowest BCUT2D eigenvalue weighted by Crippen LogP contribution is -2.68. The first-order chi connectivity index (χ1) is 26.0. The highest BCUT2D eigenvalue weighted by atomic mass is 35.5. The Morgan fingerprint density at radius 3 is 1.39 bits per heavy atom. The molecule has 0 radical (unpaired) electrons. The maximum atomic E-state index is 12.2. The van der Waals surface area contributed by atoms with E-state index in [1.807, 2.05) is 58.3 Å². The molecule has 2 aromatic heterocycles. The fraction of sp³-hybridized carbons (Fsp3) is 0.429. The molecule has 4 aliphatic heterocycles. The molecule has 54 heavy (non-hydrogen) atoms. The molecular weight excluding hydrogens is 723 g/mol. The van der Waals surface area contributed by atoms with Gasteiger partial charge in [-0.15, -0.1) is 0 Å². The van der Waals surface area contributed by atoms with E-state index in [4.69, 9.17) is 42.6 Å². The molecule has 4 aliphatic rings. The van der Waals surface area contributed by atoms with Gasteiger partial charge in [-0.25, -0.2) is 9.97 Å². The van der Waals surface area contributed by atoms with Crippen molar-refractivity contribution in [3.8, 4) is 45.4 Å². The Morgan fingerprint density at radius 1 is 0.630 bits per heavy atom. The number of hydrogen-bond acceptors (Lipinski definition) is 8. The Morgan fingerprint density at radius 2 is 1.02 bits per heavy atom. The van der Waals surface area contributed by atoms with E-state index in [0.717, 1.165) is 98.3 Å². The van der Waals surface area contributed by atoms with Crippen molar-refractivity contribution in [1.82, 2.24) is 29.6 Å². The van der Waals surface area contributed by atoms with Crippen molar-refractivity contribution < 1.29 is 19.1 Å². The number of methoxy groups -OCH3 is 2. The topological polar surface area (TPSA) is 91.3 Å². The molecule has 2 amide bonds. The van der Waals surface area contributed by atoms with Crippen LogP contribution in [0.15, 0.2) is 60.7 Å². The third kappa shape index (κ3) is 6.40. The number of nitrogens with zero attached hydrogens (tertiary/aromatic N) is 6. The van der Waals surface area contributed by atoms with E-state index < -0.39 is 0 Å². The van der Waals surface area contributed by atoms with Crippen molar-refractivity contribution >= 4 is 35.0 Å². The molecule has 0 N–H and O–H groups in total. The minimum absolute atomic E-state index is 0.0288. The number of rotatable bonds is 9. The van der Waals surface area contributed by atoms with Crippen LogP contribution in [0, 0.1) is 0 Å². The summed E-state index contributed by atoms with van der Waals surface area (Å²) >= 11 is 14.3. The summed E-state index contributed by atoms with van der Waals surface area (Å²) in [7, 11) is 3.28. The summed E-state index contributed by atoms with van der Waals surface area (Å²) in [5.74, 6) is 1.43. The molecule has 0 aliphatic carbocycles. The standard InChI is InChI=1S/C42H46Cl2N6O4/c1-27(51)49-19-7-17-41(49)23-47(24-41)21-29-13-15-35(45-39(29)53-3)33-11-5-9-31(37(33)43)32-10-6-12-34(38(32)44)36-16-14-30(40(46-36)54-4)22-48-25-42(26-48)18-8-20-50(42)28(2)52/h5-6,9-16H,7-8,17-26H2,1-4H3. The molecule has 0 bridgehead atoms. The normalized spacial score (nSPS) is 18.9. The predicted molar refractivity (Wildman–Crippen MR) is 211 cm³/mol. The first-order valence-electron chi connectivity index (χ1n) is 18.7. The van der Waals surface area contributed by atoms with E-state index in [1.165, 1.54) is 0 Å². The molecule has 10 nitrogen and oxygen atoms in total. The number of likely N-dealkylation sites (tertiary alicyclic amines) is 4. The number of halogens is 2. The Labute approximate surface area is 327 Å². The van der Waals surface area contributed by atoms with Crippen LogP contribution in [0.3, 0.4) is 0 Å². The summed E-state index contributed by atoms with van der Waals surface area (Å²) < 4.78 is 11.6. The molecule has 282 valence electrons. The molecule has 2 aromatic carbocycles. The zero-order chi connectivity index (χ0) is 37.8. The number of amides is 2. The second-order valence-corrected chi connectivity index (χ2v) is 16.1. The summed E-state index contributed by atoms with van der Waals surface area (Å²) in [5.41, 5.74) is 6.42. The van der Waals surface area contributed by atoms with Gasteiger partial charge in [0, 0.05) is 99.6 Å². The summed E-state index contributed by atoms with van der Waals surface area (Å²) in [6, 6.07) is 19.8. The third-order valence-electron chi connectivity index (χ3n) is 11.9. The highest BCUT2D eigenvalue weighted by Crippen LogP contribution is 2.44. The molecule has 0 atom stereocenters. The fourth-order valence-corrected chi connectivity index (χ4v) is 10.2. The average Bonchev–Trinajstić information content (AvgIpc) is 3.79. The molecule has 0 saturated carbocycles. The fourth-order valence-electron chi connectivity index (χ4n) is 9.50. The number of aromatic nitrogens is 2. The maximum Gasteiger partial charge on any atom is 0.219 e. The van der Waals surface area contributed by atoms with Gasteiger partial charge >= 0.3 is 0 Å². The van der Waals surface area contributed by atoms with Crippen molar-refractivity contribution in [2.24, 2.45) is 0 Å². The van der Waals surface area contributed by atoms with Crippen molar-refractivity contribution in [2.75, 3.05) is 53.5 Å². The van der Waals surface area contributed by atoms with Gasteiger partial charge in [-0.3, -0.25) is 19.4 Å². The molecule has 4 saturated heterocycles.